The summed E-state index contributed by atoms with van der Waals surface area (Å²) in [7, 11) is 2.16. The van der Waals surface area contributed by atoms with Crippen molar-refractivity contribution in [3.8, 4) is 5.75 Å². The fourth-order valence-corrected chi connectivity index (χ4v) is 2.51. The third kappa shape index (κ3) is 4.41. The molecule has 0 aliphatic carbocycles. The zero-order chi connectivity index (χ0) is 15.2. The molecule has 114 valence electrons. The average molecular weight is 308 g/mol. The number of carbonyl (C=O) groups is 1. The quantitative estimate of drug-likeness (QED) is 0.768. The van der Waals surface area contributed by atoms with Crippen molar-refractivity contribution < 1.29 is 14.4 Å². The molecular formula is C15H22N3O2S+. The smallest absolute Gasteiger partial charge is 0.257 e. The lowest BCUT2D eigenvalue weighted by Gasteiger charge is -2.31. The highest BCUT2D eigenvalue weighted by Gasteiger charge is 2.20. The third-order valence-electron chi connectivity index (χ3n) is 3.53. The van der Waals surface area contributed by atoms with Crippen LogP contribution < -0.4 is 15.0 Å². The second kappa shape index (κ2) is 7.38. The van der Waals surface area contributed by atoms with E-state index in [9.17, 15) is 4.79 Å². The van der Waals surface area contributed by atoms with E-state index in [1.807, 2.05) is 24.0 Å². The van der Waals surface area contributed by atoms with E-state index in [0.29, 0.717) is 23.0 Å². The predicted molar refractivity (Wildman–Crippen MR) is 85.9 cm³/mol. The monoisotopic (exact) mass is 308 g/mol. The molecule has 6 heteroatoms. The maximum atomic E-state index is 12.2. The summed E-state index contributed by atoms with van der Waals surface area (Å²) in [6.45, 7) is 6.32. The van der Waals surface area contributed by atoms with Crippen molar-refractivity contribution in [3.05, 3.63) is 29.8 Å². The van der Waals surface area contributed by atoms with Crippen molar-refractivity contribution in [2.45, 2.75) is 6.92 Å². The van der Waals surface area contributed by atoms with E-state index in [-0.39, 0.29) is 5.91 Å². The van der Waals surface area contributed by atoms with E-state index in [1.54, 1.807) is 12.1 Å². The number of hydrogen-bond donors (Lipinski definition) is 2. The minimum absolute atomic E-state index is 0.187. The van der Waals surface area contributed by atoms with Gasteiger partial charge in [0.05, 0.1) is 39.8 Å². The summed E-state index contributed by atoms with van der Waals surface area (Å²) < 4.78 is 5.40. The third-order valence-corrected chi connectivity index (χ3v) is 3.89. The number of thiocarbonyl (C=S) groups is 1. The van der Waals surface area contributed by atoms with Gasteiger partial charge in [0, 0.05) is 5.56 Å². The zero-order valence-electron chi connectivity index (χ0n) is 12.5. The number of rotatable bonds is 3. The number of benzene rings is 1. The molecule has 0 spiro atoms. The second-order valence-electron chi connectivity index (χ2n) is 5.16. The topological polar surface area (TPSA) is 46.0 Å². The summed E-state index contributed by atoms with van der Waals surface area (Å²) >= 11 is 5.33. The van der Waals surface area contributed by atoms with Gasteiger partial charge in [0.25, 0.3) is 5.91 Å². The van der Waals surface area contributed by atoms with Crippen LogP contribution in [0.1, 0.15) is 17.3 Å². The molecular weight excluding hydrogens is 286 g/mol. The van der Waals surface area contributed by atoms with Crippen LogP contribution in [0.3, 0.4) is 0 Å². The van der Waals surface area contributed by atoms with E-state index in [4.69, 9.17) is 17.0 Å². The first kappa shape index (κ1) is 15.7. The highest BCUT2D eigenvalue weighted by molar-refractivity contribution is 7.80. The molecule has 2 rings (SSSR count). The highest BCUT2D eigenvalue weighted by Crippen LogP contribution is 2.13. The Morgan fingerprint density at radius 3 is 2.81 bits per heavy atom. The molecule has 0 unspecified atom stereocenters. The molecule has 2 N–H and O–H groups in total. The first-order valence-corrected chi connectivity index (χ1v) is 7.65. The van der Waals surface area contributed by atoms with E-state index < -0.39 is 0 Å². The van der Waals surface area contributed by atoms with E-state index in [1.165, 1.54) is 4.90 Å². The van der Waals surface area contributed by atoms with Crippen molar-refractivity contribution >= 4 is 23.2 Å². The summed E-state index contributed by atoms with van der Waals surface area (Å²) in [6.07, 6.45) is 0. The van der Waals surface area contributed by atoms with Crippen molar-refractivity contribution in [3.63, 3.8) is 0 Å². The molecule has 5 nitrogen and oxygen atoms in total. The predicted octanol–water partition coefficient (Wildman–Crippen LogP) is -0.0697. The summed E-state index contributed by atoms with van der Waals surface area (Å²) in [5, 5.41) is 3.31. The van der Waals surface area contributed by atoms with E-state index >= 15 is 0 Å². The number of nitrogens with one attached hydrogen (secondary N) is 2. The Bertz CT molecular complexity index is 513. The number of nitrogens with zero attached hydrogens (tertiary/aromatic N) is 1. The summed E-state index contributed by atoms with van der Waals surface area (Å²) in [6, 6.07) is 7.13. The number of likely N-dealkylation sites (N-methyl/N-ethyl adjacent to an activating group) is 1. The van der Waals surface area contributed by atoms with Crippen molar-refractivity contribution in [2.75, 3.05) is 39.8 Å². The van der Waals surface area contributed by atoms with Crippen LogP contribution in [0.15, 0.2) is 24.3 Å². The molecule has 0 radical (unpaired) electrons. The van der Waals surface area contributed by atoms with E-state index in [0.717, 1.165) is 26.2 Å². The van der Waals surface area contributed by atoms with Gasteiger partial charge in [-0.25, -0.2) is 0 Å². The first-order valence-electron chi connectivity index (χ1n) is 7.24. The number of piperazine rings is 1. The van der Waals surface area contributed by atoms with Gasteiger partial charge in [-0.05, 0) is 37.3 Å². The molecule has 1 aliphatic heterocycles. The number of hydrogen-bond acceptors (Lipinski definition) is 3. The molecule has 0 atom stereocenters. The Balaban J connectivity index is 1.94. The fourth-order valence-electron chi connectivity index (χ4n) is 2.23. The van der Waals surface area contributed by atoms with Crippen LogP contribution in [-0.4, -0.2) is 55.8 Å². The molecule has 1 amide bonds. The maximum Gasteiger partial charge on any atom is 0.257 e. The van der Waals surface area contributed by atoms with Gasteiger partial charge in [-0.15, -0.1) is 0 Å². The lowest BCUT2D eigenvalue weighted by Crippen LogP contribution is -3.12. The number of amides is 1. The molecule has 0 saturated carbocycles. The number of carbonyl (C=O) groups excluding carboxylic acids is 1. The van der Waals surface area contributed by atoms with Crippen LogP contribution in [0.25, 0.3) is 0 Å². The average Bonchev–Trinajstić information content (AvgIpc) is 2.48. The van der Waals surface area contributed by atoms with Gasteiger partial charge in [-0.3, -0.25) is 10.1 Å². The fraction of sp³-hybridized carbons (Fsp3) is 0.467. The molecule has 0 aromatic heterocycles. The minimum Gasteiger partial charge on any atom is -0.494 e. The van der Waals surface area contributed by atoms with Crippen molar-refractivity contribution in [1.82, 2.24) is 10.2 Å². The Hall–Kier alpha value is -1.66. The van der Waals surface area contributed by atoms with Gasteiger partial charge in [0.2, 0.25) is 0 Å². The van der Waals surface area contributed by atoms with Gasteiger partial charge in [0.15, 0.2) is 5.11 Å². The summed E-state index contributed by atoms with van der Waals surface area (Å²) in [5.74, 6) is 0.507. The maximum absolute atomic E-state index is 12.2. The van der Waals surface area contributed by atoms with Gasteiger partial charge < -0.3 is 14.5 Å². The van der Waals surface area contributed by atoms with Crippen LogP contribution in [0.2, 0.25) is 0 Å². The van der Waals surface area contributed by atoms with Crippen molar-refractivity contribution in [2.24, 2.45) is 0 Å². The molecule has 1 aliphatic rings. The Kier molecular flexibility index (Phi) is 5.52. The Morgan fingerprint density at radius 1 is 1.43 bits per heavy atom. The molecule has 1 saturated heterocycles. The Morgan fingerprint density at radius 2 is 2.14 bits per heavy atom. The Labute approximate surface area is 130 Å². The standard InChI is InChI=1S/C15H21N3O2S/c1-3-20-13-6-4-5-12(11-13)14(19)16-15(21)18-9-7-17(2)8-10-18/h4-6,11H,3,7-10H2,1-2H3,(H,16,19,21)/p+1. The molecule has 1 aromatic rings. The van der Waals surface area contributed by atoms with Crippen LogP contribution in [-0.2, 0) is 0 Å². The number of quaternary nitrogens is 1. The first-order chi connectivity index (χ1) is 10.1. The zero-order valence-corrected chi connectivity index (χ0v) is 13.3. The van der Waals surface area contributed by atoms with Crippen LogP contribution >= 0.6 is 12.2 Å². The summed E-state index contributed by atoms with van der Waals surface area (Å²) in [5.41, 5.74) is 0.558. The highest BCUT2D eigenvalue weighted by atomic mass is 32.1. The minimum atomic E-state index is -0.187. The molecule has 0 bridgehead atoms. The van der Waals surface area contributed by atoms with Crippen LogP contribution in [0.4, 0.5) is 0 Å². The SMILES string of the molecule is CCOc1cccc(C(=O)NC(=S)N2CC[NH+](C)CC2)c1. The largest absolute Gasteiger partial charge is 0.494 e. The van der Waals surface area contributed by atoms with Crippen LogP contribution in [0.5, 0.6) is 5.75 Å². The van der Waals surface area contributed by atoms with Gasteiger partial charge in [-0.2, -0.15) is 0 Å². The van der Waals surface area contributed by atoms with Crippen molar-refractivity contribution in [1.29, 1.82) is 0 Å². The second-order valence-corrected chi connectivity index (χ2v) is 5.55. The van der Waals surface area contributed by atoms with Crippen LogP contribution in [0, 0.1) is 0 Å². The van der Waals surface area contributed by atoms with Gasteiger partial charge in [0.1, 0.15) is 5.75 Å². The lowest BCUT2D eigenvalue weighted by atomic mass is 10.2. The van der Waals surface area contributed by atoms with Gasteiger partial charge >= 0.3 is 0 Å². The molecule has 1 aromatic carbocycles. The number of ether oxygens (including phenoxy) is 1. The van der Waals surface area contributed by atoms with Gasteiger partial charge in [-0.1, -0.05) is 6.07 Å². The molecule has 1 heterocycles. The molecule has 21 heavy (non-hydrogen) atoms. The summed E-state index contributed by atoms with van der Waals surface area (Å²) in [4.78, 5) is 15.8. The normalized spacial score (nSPS) is 15.6. The molecule has 1 fully saturated rings. The van der Waals surface area contributed by atoms with E-state index in [2.05, 4.69) is 12.4 Å². The lowest BCUT2D eigenvalue weighted by molar-refractivity contribution is -0.883.